The lowest BCUT2D eigenvalue weighted by Crippen LogP contribution is -2.20. The molecule has 5 heteroatoms. The number of hydrogen-bond donors (Lipinski definition) is 2. The number of ether oxygens (including phenoxy) is 1. The standard InChI is InChI=1S/C14H20O4S/c1-9-4-5-13(18-3)11(8-9)14(17)12(16)6-7-19-10(2)15/h4-5,8,12,14,16-17H,6-7H2,1-3H3. The van der Waals surface area contributed by atoms with Crippen LogP contribution in [0.2, 0.25) is 0 Å². The minimum atomic E-state index is -1.01. The van der Waals surface area contributed by atoms with Gasteiger partial charge in [0.15, 0.2) is 5.12 Å². The fourth-order valence-corrected chi connectivity index (χ4v) is 2.42. The molecule has 0 radical (unpaired) electrons. The van der Waals surface area contributed by atoms with Crippen LogP contribution < -0.4 is 4.74 Å². The summed E-state index contributed by atoms with van der Waals surface area (Å²) in [6.07, 6.45) is -1.58. The molecule has 2 unspecified atom stereocenters. The van der Waals surface area contributed by atoms with Crippen molar-refractivity contribution in [2.45, 2.75) is 32.5 Å². The van der Waals surface area contributed by atoms with Crippen LogP contribution in [-0.2, 0) is 4.79 Å². The van der Waals surface area contributed by atoms with Crippen molar-refractivity contribution in [2.24, 2.45) is 0 Å². The van der Waals surface area contributed by atoms with Gasteiger partial charge in [0.2, 0.25) is 0 Å². The quantitative estimate of drug-likeness (QED) is 0.837. The van der Waals surface area contributed by atoms with Crippen molar-refractivity contribution in [1.29, 1.82) is 0 Å². The average Bonchev–Trinajstić information content (AvgIpc) is 2.37. The first-order chi connectivity index (χ1) is 8.95. The zero-order valence-corrected chi connectivity index (χ0v) is 12.2. The Kier molecular flexibility index (Phi) is 6.34. The molecule has 0 fully saturated rings. The molecule has 1 rings (SSSR count). The lowest BCUT2D eigenvalue weighted by Gasteiger charge is -2.20. The first kappa shape index (κ1) is 16.0. The van der Waals surface area contributed by atoms with Crippen LogP contribution in [0.15, 0.2) is 18.2 Å². The highest BCUT2D eigenvalue weighted by molar-refractivity contribution is 8.13. The van der Waals surface area contributed by atoms with Crippen molar-refractivity contribution >= 4 is 16.9 Å². The van der Waals surface area contributed by atoms with Gasteiger partial charge in [-0.2, -0.15) is 0 Å². The topological polar surface area (TPSA) is 66.8 Å². The maximum Gasteiger partial charge on any atom is 0.185 e. The van der Waals surface area contributed by atoms with Crippen LogP contribution in [0.4, 0.5) is 0 Å². The number of aliphatic hydroxyl groups excluding tert-OH is 2. The summed E-state index contributed by atoms with van der Waals surface area (Å²) in [6, 6.07) is 5.45. The van der Waals surface area contributed by atoms with E-state index in [1.54, 1.807) is 12.1 Å². The maximum atomic E-state index is 10.8. The van der Waals surface area contributed by atoms with Gasteiger partial charge in [0, 0.05) is 18.2 Å². The molecule has 0 aromatic heterocycles. The molecule has 19 heavy (non-hydrogen) atoms. The molecular formula is C14H20O4S. The Morgan fingerprint density at radius 2 is 2.11 bits per heavy atom. The number of rotatable bonds is 6. The van der Waals surface area contributed by atoms with Gasteiger partial charge in [-0.15, -0.1) is 0 Å². The lowest BCUT2D eigenvalue weighted by molar-refractivity contribution is -0.109. The first-order valence-corrected chi connectivity index (χ1v) is 7.08. The number of carbonyl (C=O) groups excluding carboxylic acids is 1. The summed E-state index contributed by atoms with van der Waals surface area (Å²) in [5.74, 6) is 1.04. The van der Waals surface area contributed by atoms with Gasteiger partial charge in [0.05, 0.1) is 13.2 Å². The van der Waals surface area contributed by atoms with Crippen LogP contribution in [0.1, 0.15) is 30.6 Å². The van der Waals surface area contributed by atoms with Crippen molar-refractivity contribution in [3.63, 3.8) is 0 Å². The Hall–Kier alpha value is -1.04. The van der Waals surface area contributed by atoms with Crippen LogP contribution in [0.3, 0.4) is 0 Å². The van der Waals surface area contributed by atoms with Crippen molar-refractivity contribution in [1.82, 2.24) is 0 Å². The molecule has 2 atom stereocenters. The molecule has 4 nitrogen and oxygen atoms in total. The summed E-state index contributed by atoms with van der Waals surface area (Å²) >= 11 is 1.14. The largest absolute Gasteiger partial charge is 0.496 e. The second-order valence-electron chi connectivity index (χ2n) is 4.39. The molecular weight excluding hydrogens is 264 g/mol. The number of benzene rings is 1. The number of aliphatic hydroxyl groups is 2. The highest BCUT2D eigenvalue weighted by Crippen LogP contribution is 2.29. The second-order valence-corrected chi connectivity index (χ2v) is 5.66. The summed E-state index contributed by atoms with van der Waals surface area (Å²) in [5.41, 5.74) is 1.56. The molecule has 0 aliphatic heterocycles. The van der Waals surface area contributed by atoms with E-state index in [4.69, 9.17) is 4.74 Å². The van der Waals surface area contributed by atoms with E-state index in [1.807, 2.05) is 13.0 Å². The Morgan fingerprint density at radius 3 is 2.68 bits per heavy atom. The highest BCUT2D eigenvalue weighted by Gasteiger charge is 2.21. The summed E-state index contributed by atoms with van der Waals surface area (Å²) in [4.78, 5) is 10.8. The third-order valence-corrected chi connectivity index (χ3v) is 3.63. The third kappa shape index (κ3) is 4.86. The van der Waals surface area contributed by atoms with E-state index in [0.29, 0.717) is 23.5 Å². The van der Waals surface area contributed by atoms with Crippen LogP contribution >= 0.6 is 11.8 Å². The van der Waals surface area contributed by atoms with Crippen LogP contribution in [0.25, 0.3) is 0 Å². The average molecular weight is 284 g/mol. The molecule has 0 aliphatic carbocycles. The number of carbonyl (C=O) groups is 1. The van der Waals surface area contributed by atoms with Crippen LogP contribution in [0.5, 0.6) is 5.75 Å². The van der Waals surface area contributed by atoms with Gasteiger partial charge in [-0.1, -0.05) is 23.4 Å². The molecule has 1 aromatic rings. The third-order valence-electron chi connectivity index (χ3n) is 2.79. The van der Waals surface area contributed by atoms with Gasteiger partial charge in [0.25, 0.3) is 0 Å². The van der Waals surface area contributed by atoms with Crippen molar-refractivity contribution in [3.8, 4) is 5.75 Å². The highest BCUT2D eigenvalue weighted by atomic mass is 32.2. The fourth-order valence-electron chi connectivity index (χ4n) is 1.77. The van der Waals surface area contributed by atoms with Gasteiger partial charge < -0.3 is 14.9 Å². The number of aryl methyl sites for hydroxylation is 1. The van der Waals surface area contributed by atoms with Crippen molar-refractivity contribution in [2.75, 3.05) is 12.9 Å². The summed E-state index contributed by atoms with van der Waals surface area (Å²) < 4.78 is 5.18. The predicted molar refractivity (Wildman–Crippen MR) is 76.5 cm³/mol. The molecule has 0 saturated heterocycles. The van der Waals surface area contributed by atoms with Gasteiger partial charge in [-0.05, 0) is 25.5 Å². The van der Waals surface area contributed by atoms with E-state index in [9.17, 15) is 15.0 Å². The van der Waals surface area contributed by atoms with Gasteiger partial charge in [-0.25, -0.2) is 0 Å². The fraction of sp³-hybridized carbons (Fsp3) is 0.500. The van der Waals surface area contributed by atoms with Gasteiger partial charge in [-0.3, -0.25) is 4.79 Å². The molecule has 0 spiro atoms. The van der Waals surface area contributed by atoms with E-state index in [0.717, 1.165) is 17.3 Å². The SMILES string of the molecule is COc1ccc(C)cc1C(O)C(O)CCSC(C)=O. The molecule has 0 saturated carbocycles. The Morgan fingerprint density at radius 1 is 1.42 bits per heavy atom. The predicted octanol–water partition coefficient (Wildman–Crippen LogP) is 2.07. The number of thioether (sulfide) groups is 1. The van der Waals surface area contributed by atoms with E-state index < -0.39 is 12.2 Å². The lowest BCUT2D eigenvalue weighted by atomic mass is 10.00. The zero-order chi connectivity index (χ0) is 14.4. The second kappa shape index (κ2) is 7.53. The summed E-state index contributed by atoms with van der Waals surface area (Å²) in [5, 5.41) is 20.1. The number of hydrogen-bond acceptors (Lipinski definition) is 5. The summed E-state index contributed by atoms with van der Waals surface area (Å²) in [6.45, 7) is 3.39. The zero-order valence-electron chi connectivity index (χ0n) is 11.4. The molecule has 2 N–H and O–H groups in total. The van der Waals surface area contributed by atoms with E-state index in [2.05, 4.69) is 0 Å². The van der Waals surface area contributed by atoms with Gasteiger partial charge >= 0.3 is 0 Å². The molecule has 0 aliphatic rings. The molecule has 0 amide bonds. The smallest absolute Gasteiger partial charge is 0.185 e. The molecule has 1 aromatic carbocycles. The van der Waals surface area contributed by atoms with Gasteiger partial charge in [0.1, 0.15) is 11.9 Å². The minimum absolute atomic E-state index is 0.00910. The monoisotopic (exact) mass is 284 g/mol. The number of methoxy groups -OCH3 is 1. The summed E-state index contributed by atoms with van der Waals surface area (Å²) in [7, 11) is 1.53. The van der Waals surface area contributed by atoms with E-state index >= 15 is 0 Å². The Balaban J connectivity index is 2.72. The Bertz CT molecular complexity index is 433. The van der Waals surface area contributed by atoms with E-state index in [1.165, 1.54) is 14.0 Å². The Labute approximate surface area is 117 Å². The first-order valence-electron chi connectivity index (χ1n) is 6.09. The van der Waals surface area contributed by atoms with Crippen molar-refractivity contribution in [3.05, 3.63) is 29.3 Å². The van der Waals surface area contributed by atoms with Crippen molar-refractivity contribution < 1.29 is 19.7 Å². The molecule has 0 heterocycles. The van der Waals surface area contributed by atoms with Crippen LogP contribution in [-0.4, -0.2) is 34.3 Å². The maximum absolute atomic E-state index is 10.8. The minimum Gasteiger partial charge on any atom is -0.496 e. The molecule has 0 bridgehead atoms. The van der Waals surface area contributed by atoms with Crippen LogP contribution in [0, 0.1) is 6.92 Å². The molecule has 106 valence electrons. The normalized spacial score (nSPS) is 13.9. The van der Waals surface area contributed by atoms with E-state index in [-0.39, 0.29) is 5.12 Å².